The summed E-state index contributed by atoms with van der Waals surface area (Å²) in [4.78, 5) is 26.0. The molecule has 5 heterocycles. The Morgan fingerprint density at radius 3 is 2.62 bits per heavy atom. The van der Waals surface area contributed by atoms with Crippen molar-refractivity contribution in [2.45, 2.75) is 13.5 Å². The molecule has 0 atom stereocenters. The van der Waals surface area contributed by atoms with Crippen molar-refractivity contribution < 1.29 is 4.39 Å². The normalized spacial score (nSPS) is 10.9. The largest absolute Gasteiger partial charge is 0.350 e. The number of hydrogen-bond donors (Lipinski definition) is 1. The third-order valence-corrected chi connectivity index (χ3v) is 4.93. The Balaban J connectivity index is 1.33. The molecule has 0 aliphatic rings. The fourth-order valence-electron chi connectivity index (χ4n) is 3.36. The zero-order chi connectivity index (χ0) is 21.9. The SMILES string of the molecule is Cc1cc(-c2ncc(CNc3nccc(-c4cc5cccnc5cn4)n3)cc2F)ccn1. The number of nitrogens with one attached hydrogen (secondary N) is 1. The number of nitrogens with zero attached hydrogens (tertiary/aromatic N) is 6. The summed E-state index contributed by atoms with van der Waals surface area (Å²) in [5.74, 6) is 0.0309. The van der Waals surface area contributed by atoms with Crippen molar-refractivity contribution >= 4 is 16.9 Å². The molecular formula is C24H18FN7. The lowest BCUT2D eigenvalue weighted by atomic mass is 10.1. The average Bonchev–Trinajstić information content (AvgIpc) is 2.83. The summed E-state index contributed by atoms with van der Waals surface area (Å²) >= 11 is 0. The van der Waals surface area contributed by atoms with E-state index in [1.165, 1.54) is 6.07 Å². The molecule has 0 unspecified atom stereocenters. The standard InChI is InChI=1S/C24H18FN7/c1-15-9-18(4-7-26-15)23-19(25)10-16(12-30-23)13-31-24-28-8-5-20(32-24)21-11-17-3-2-6-27-22(17)14-29-21/h2-12,14H,13H2,1H3,(H,28,31,32). The minimum absolute atomic E-state index is 0.300. The molecule has 5 rings (SSSR count). The second kappa shape index (κ2) is 8.43. The minimum atomic E-state index is -0.390. The van der Waals surface area contributed by atoms with Gasteiger partial charge in [0.1, 0.15) is 11.5 Å². The van der Waals surface area contributed by atoms with E-state index in [9.17, 15) is 4.39 Å². The number of aromatic nitrogens is 6. The van der Waals surface area contributed by atoms with Gasteiger partial charge in [-0.3, -0.25) is 19.9 Å². The Bertz CT molecular complexity index is 1420. The van der Waals surface area contributed by atoms with Crippen LogP contribution in [0.3, 0.4) is 0 Å². The molecule has 0 saturated carbocycles. The van der Waals surface area contributed by atoms with Crippen molar-refractivity contribution in [3.8, 4) is 22.6 Å². The van der Waals surface area contributed by atoms with Crippen LogP contribution in [0.25, 0.3) is 33.5 Å². The van der Waals surface area contributed by atoms with Crippen LogP contribution in [-0.4, -0.2) is 29.9 Å². The highest BCUT2D eigenvalue weighted by molar-refractivity contribution is 5.81. The highest BCUT2D eigenvalue weighted by atomic mass is 19.1. The van der Waals surface area contributed by atoms with E-state index < -0.39 is 5.82 Å². The molecule has 0 fully saturated rings. The second-order valence-electron chi connectivity index (χ2n) is 7.24. The maximum absolute atomic E-state index is 14.7. The Labute approximate surface area is 183 Å². The number of halogens is 1. The molecule has 5 aromatic heterocycles. The van der Waals surface area contributed by atoms with Crippen LogP contribution >= 0.6 is 0 Å². The van der Waals surface area contributed by atoms with Crippen LogP contribution in [0.4, 0.5) is 10.3 Å². The first-order valence-electron chi connectivity index (χ1n) is 10.0. The van der Waals surface area contributed by atoms with Gasteiger partial charge in [0.15, 0.2) is 0 Å². The van der Waals surface area contributed by atoms with Crippen LogP contribution in [-0.2, 0) is 6.54 Å². The van der Waals surface area contributed by atoms with E-state index in [2.05, 4.69) is 35.2 Å². The molecule has 5 aromatic rings. The van der Waals surface area contributed by atoms with Gasteiger partial charge in [-0.15, -0.1) is 0 Å². The van der Waals surface area contributed by atoms with Gasteiger partial charge >= 0.3 is 0 Å². The summed E-state index contributed by atoms with van der Waals surface area (Å²) in [6.45, 7) is 2.19. The third kappa shape index (κ3) is 4.11. The maximum atomic E-state index is 14.7. The van der Waals surface area contributed by atoms with Crippen LogP contribution in [0, 0.1) is 12.7 Å². The van der Waals surface area contributed by atoms with E-state index in [4.69, 9.17) is 0 Å². The van der Waals surface area contributed by atoms with Gasteiger partial charge < -0.3 is 5.32 Å². The predicted octanol–water partition coefficient (Wildman–Crippen LogP) is 4.60. The van der Waals surface area contributed by atoms with Crippen molar-refractivity contribution in [1.82, 2.24) is 29.9 Å². The van der Waals surface area contributed by atoms with Crippen LogP contribution in [0.1, 0.15) is 11.3 Å². The Kier molecular flexibility index (Phi) is 5.17. The summed E-state index contributed by atoms with van der Waals surface area (Å²) in [5.41, 5.74) is 4.72. The summed E-state index contributed by atoms with van der Waals surface area (Å²) in [6, 6.07) is 12.6. The van der Waals surface area contributed by atoms with Gasteiger partial charge in [0, 0.05) is 48.0 Å². The number of aryl methyl sites for hydroxylation is 1. The van der Waals surface area contributed by atoms with Crippen molar-refractivity contribution in [2.24, 2.45) is 0 Å². The maximum Gasteiger partial charge on any atom is 0.223 e. The number of anilines is 1. The summed E-state index contributed by atoms with van der Waals surface area (Å²) < 4.78 is 14.7. The topological polar surface area (TPSA) is 89.4 Å². The summed E-state index contributed by atoms with van der Waals surface area (Å²) in [6.07, 6.45) is 8.40. The fraction of sp³-hybridized carbons (Fsp3) is 0.0833. The lowest BCUT2D eigenvalue weighted by molar-refractivity contribution is 0.623. The minimum Gasteiger partial charge on any atom is -0.350 e. The van der Waals surface area contributed by atoms with E-state index in [-0.39, 0.29) is 0 Å². The van der Waals surface area contributed by atoms with E-state index in [0.29, 0.717) is 35.0 Å². The highest BCUT2D eigenvalue weighted by Crippen LogP contribution is 2.22. The van der Waals surface area contributed by atoms with Crippen molar-refractivity contribution in [3.63, 3.8) is 0 Å². The molecule has 32 heavy (non-hydrogen) atoms. The van der Waals surface area contributed by atoms with Crippen LogP contribution in [0.15, 0.2) is 73.4 Å². The molecule has 8 heteroatoms. The molecule has 0 aliphatic heterocycles. The fourth-order valence-corrected chi connectivity index (χ4v) is 3.36. The predicted molar refractivity (Wildman–Crippen MR) is 120 cm³/mol. The molecule has 0 aliphatic carbocycles. The molecule has 0 spiro atoms. The highest BCUT2D eigenvalue weighted by Gasteiger charge is 2.10. The summed E-state index contributed by atoms with van der Waals surface area (Å²) in [7, 11) is 0. The average molecular weight is 423 g/mol. The summed E-state index contributed by atoms with van der Waals surface area (Å²) in [5, 5.41) is 4.11. The van der Waals surface area contributed by atoms with Crippen LogP contribution < -0.4 is 5.32 Å². The van der Waals surface area contributed by atoms with Gasteiger partial charge in [-0.25, -0.2) is 14.4 Å². The van der Waals surface area contributed by atoms with Gasteiger partial charge in [0.2, 0.25) is 5.95 Å². The quantitative estimate of drug-likeness (QED) is 0.442. The van der Waals surface area contributed by atoms with Crippen LogP contribution in [0.2, 0.25) is 0 Å². The first kappa shape index (κ1) is 19.6. The molecule has 156 valence electrons. The molecule has 0 amide bonds. The van der Waals surface area contributed by atoms with E-state index in [0.717, 1.165) is 22.3 Å². The van der Waals surface area contributed by atoms with E-state index in [1.54, 1.807) is 49.2 Å². The van der Waals surface area contributed by atoms with Gasteiger partial charge in [0.25, 0.3) is 0 Å². The van der Waals surface area contributed by atoms with Gasteiger partial charge in [-0.2, -0.15) is 0 Å². The van der Waals surface area contributed by atoms with E-state index >= 15 is 0 Å². The molecule has 0 aromatic carbocycles. The third-order valence-electron chi connectivity index (χ3n) is 4.93. The van der Waals surface area contributed by atoms with E-state index in [1.807, 2.05) is 25.1 Å². The molecule has 1 N–H and O–H groups in total. The van der Waals surface area contributed by atoms with Crippen molar-refractivity contribution in [3.05, 3.63) is 90.5 Å². The first-order valence-corrected chi connectivity index (χ1v) is 10.0. The van der Waals surface area contributed by atoms with Crippen molar-refractivity contribution in [2.75, 3.05) is 5.32 Å². The molecule has 0 saturated heterocycles. The lowest BCUT2D eigenvalue weighted by Crippen LogP contribution is -2.05. The smallest absolute Gasteiger partial charge is 0.223 e. The van der Waals surface area contributed by atoms with Crippen molar-refractivity contribution in [1.29, 1.82) is 0 Å². The van der Waals surface area contributed by atoms with Gasteiger partial charge in [-0.1, -0.05) is 6.07 Å². The lowest BCUT2D eigenvalue weighted by Gasteiger charge is -2.09. The number of fused-ring (bicyclic) bond motifs is 1. The Morgan fingerprint density at radius 2 is 1.75 bits per heavy atom. The Morgan fingerprint density at radius 1 is 0.844 bits per heavy atom. The molecule has 7 nitrogen and oxygen atoms in total. The molecular weight excluding hydrogens is 405 g/mol. The zero-order valence-electron chi connectivity index (χ0n) is 17.2. The zero-order valence-corrected chi connectivity index (χ0v) is 17.2. The van der Waals surface area contributed by atoms with Gasteiger partial charge in [-0.05, 0) is 48.9 Å². The number of hydrogen-bond acceptors (Lipinski definition) is 7. The Hall–Kier alpha value is -4.33. The first-order chi connectivity index (χ1) is 15.7. The number of rotatable bonds is 5. The number of pyridine rings is 4. The molecule has 0 radical (unpaired) electrons. The monoisotopic (exact) mass is 423 g/mol. The molecule has 0 bridgehead atoms. The second-order valence-corrected chi connectivity index (χ2v) is 7.24. The van der Waals surface area contributed by atoms with Crippen LogP contribution in [0.5, 0.6) is 0 Å². The van der Waals surface area contributed by atoms with Gasteiger partial charge in [0.05, 0.1) is 23.1 Å².